The summed E-state index contributed by atoms with van der Waals surface area (Å²) >= 11 is 0. The van der Waals surface area contributed by atoms with Crippen LogP contribution in [0.3, 0.4) is 0 Å². The first-order valence-corrected chi connectivity index (χ1v) is 7.85. The molecule has 1 amide bonds. The standard InChI is InChI=1S/C18H19NO6/c20-10-14-15(21)16(22)17(25-14)18(23)19-11-5-4-8-13(9-11)24-12-6-2-1-3-7-12/h1-9,14-17,20-22H,10H2,(H,19,23)/t14-,15-,16-,17-/m1/s1. The molecule has 25 heavy (non-hydrogen) atoms. The van der Waals surface area contributed by atoms with Gasteiger partial charge in [-0.25, -0.2) is 0 Å². The molecule has 0 radical (unpaired) electrons. The number of anilines is 1. The lowest BCUT2D eigenvalue weighted by atomic mass is 10.1. The molecule has 4 atom stereocenters. The average molecular weight is 345 g/mol. The van der Waals surface area contributed by atoms with E-state index in [0.717, 1.165) is 0 Å². The smallest absolute Gasteiger partial charge is 0.256 e. The molecular formula is C18H19NO6. The summed E-state index contributed by atoms with van der Waals surface area (Å²) in [6, 6.07) is 16.0. The summed E-state index contributed by atoms with van der Waals surface area (Å²) in [5.41, 5.74) is 0.455. The molecule has 1 aliphatic rings. The van der Waals surface area contributed by atoms with Gasteiger partial charge in [0.05, 0.1) is 6.61 Å². The second-order valence-corrected chi connectivity index (χ2v) is 5.69. The van der Waals surface area contributed by atoms with E-state index in [4.69, 9.17) is 14.6 Å². The van der Waals surface area contributed by atoms with Gasteiger partial charge in [0, 0.05) is 11.8 Å². The third-order valence-corrected chi connectivity index (χ3v) is 3.88. The van der Waals surface area contributed by atoms with Crippen LogP contribution in [0.5, 0.6) is 11.5 Å². The van der Waals surface area contributed by atoms with Crippen molar-refractivity contribution in [1.29, 1.82) is 0 Å². The Morgan fingerprint density at radius 1 is 1.04 bits per heavy atom. The first kappa shape index (κ1) is 17.4. The summed E-state index contributed by atoms with van der Waals surface area (Å²) in [7, 11) is 0. The highest BCUT2D eigenvalue weighted by Gasteiger charge is 2.45. The number of rotatable bonds is 5. The zero-order valence-electron chi connectivity index (χ0n) is 13.3. The van der Waals surface area contributed by atoms with Crippen molar-refractivity contribution in [2.45, 2.75) is 24.4 Å². The number of amides is 1. The molecule has 0 aliphatic carbocycles. The minimum Gasteiger partial charge on any atom is -0.457 e. The topological polar surface area (TPSA) is 108 Å². The van der Waals surface area contributed by atoms with Gasteiger partial charge in [-0.05, 0) is 24.3 Å². The molecule has 0 aromatic heterocycles. The van der Waals surface area contributed by atoms with Crippen molar-refractivity contribution in [3.8, 4) is 11.5 Å². The number of nitrogens with one attached hydrogen (secondary N) is 1. The fraction of sp³-hybridized carbons (Fsp3) is 0.278. The molecule has 0 saturated carbocycles. The van der Waals surface area contributed by atoms with Crippen LogP contribution in [0.25, 0.3) is 0 Å². The Morgan fingerprint density at radius 2 is 1.76 bits per heavy atom. The fourth-order valence-electron chi connectivity index (χ4n) is 2.59. The second kappa shape index (κ2) is 7.62. The normalized spacial score (nSPS) is 25.6. The van der Waals surface area contributed by atoms with Gasteiger partial charge in [-0.2, -0.15) is 0 Å². The highest BCUT2D eigenvalue weighted by Crippen LogP contribution is 2.26. The summed E-state index contributed by atoms with van der Waals surface area (Å²) in [5.74, 6) is 0.582. The van der Waals surface area contributed by atoms with Gasteiger partial charge in [0.15, 0.2) is 6.10 Å². The van der Waals surface area contributed by atoms with Gasteiger partial charge in [0.25, 0.3) is 5.91 Å². The first-order valence-electron chi connectivity index (χ1n) is 7.85. The SMILES string of the molecule is O=C(Nc1cccc(Oc2ccccc2)c1)[C@@H]1O[C@H](CO)[C@@H](O)[C@H]1O. The van der Waals surface area contributed by atoms with Crippen LogP contribution in [0, 0.1) is 0 Å². The summed E-state index contributed by atoms with van der Waals surface area (Å²) in [5, 5.41) is 31.3. The number of carbonyl (C=O) groups excluding carboxylic acids is 1. The minimum atomic E-state index is -1.40. The van der Waals surface area contributed by atoms with Gasteiger partial charge in [-0.3, -0.25) is 4.79 Å². The van der Waals surface area contributed by atoms with Gasteiger partial charge in [0.1, 0.15) is 29.8 Å². The summed E-state index contributed by atoms with van der Waals surface area (Å²) < 4.78 is 10.9. The molecule has 1 aliphatic heterocycles. The number of aliphatic hydroxyl groups excluding tert-OH is 3. The highest BCUT2D eigenvalue weighted by atomic mass is 16.6. The van der Waals surface area contributed by atoms with Crippen LogP contribution in [0.2, 0.25) is 0 Å². The molecule has 0 bridgehead atoms. The third-order valence-electron chi connectivity index (χ3n) is 3.88. The lowest BCUT2D eigenvalue weighted by molar-refractivity contribution is -0.130. The molecule has 7 nitrogen and oxygen atoms in total. The monoisotopic (exact) mass is 345 g/mol. The van der Waals surface area contributed by atoms with E-state index in [9.17, 15) is 15.0 Å². The van der Waals surface area contributed by atoms with Crippen LogP contribution in [0.4, 0.5) is 5.69 Å². The fourth-order valence-corrected chi connectivity index (χ4v) is 2.59. The number of carbonyl (C=O) groups is 1. The molecule has 1 saturated heterocycles. The first-order chi connectivity index (χ1) is 12.1. The van der Waals surface area contributed by atoms with Gasteiger partial charge < -0.3 is 30.1 Å². The van der Waals surface area contributed by atoms with Crippen LogP contribution >= 0.6 is 0 Å². The van der Waals surface area contributed by atoms with Crippen molar-refractivity contribution < 1.29 is 29.6 Å². The Bertz CT molecular complexity index is 723. The molecule has 1 fully saturated rings. The number of para-hydroxylation sites is 1. The number of hydrogen-bond donors (Lipinski definition) is 4. The van der Waals surface area contributed by atoms with E-state index in [2.05, 4.69) is 5.32 Å². The number of aliphatic hydroxyl groups is 3. The molecule has 4 N–H and O–H groups in total. The van der Waals surface area contributed by atoms with E-state index in [0.29, 0.717) is 17.2 Å². The van der Waals surface area contributed by atoms with Crippen LogP contribution in [-0.4, -0.2) is 52.2 Å². The van der Waals surface area contributed by atoms with Crippen molar-refractivity contribution in [1.82, 2.24) is 0 Å². The van der Waals surface area contributed by atoms with Crippen molar-refractivity contribution in [3.63, 3.8) is 0 Å². The maximum atomic E-state index is 12.3. The maximum Gasteiger partial charge on any atom is 0.256 e. The lowest BCUT2D eigenvalue weighted by Gasteiger charge is -2.15. The predicted octanol–water partition coefficient (Wildman–Crippen LogP) is 0.899. The van der Waals surface area contributed by atoms with E-state index in [1.807, 2.05) is 30.3 Å². The molecule has 2 aromatic carbocycles. The lowest BCUT2D eigenvalue weighted by Crippen LogP contribution is -2.39. The molecule has 0 spiro atoms. The van der Waals surface area contributed by atoms with Crippen LogP contribution in [0.15, 0.2) is 54.6 Å². The second-order valence-electron chi connectivity index (χ2n) is 5.69. The largest absolute Gasteiger partial charge is 0.457 e. The van der Waals surface area contributed by atoms with Crippen LogP contribution in [0.1, 0.15) is 0 Å². The summed E-state index contributed by atoms with van der Waals surface area (Å²) in [6.45, 7) is -0.484. The molecular weight excluding hydrogens is 326 g/mol. The van der Waals surface area contributed by atoms with Gasteiger partial charge >= 0.3 is 0 Å². The van der Waals surface area contributed by atoms with E-state index < -0.39 is 36.9 Å². The van der Waals surface area contributed by atoms with Crippen LogP contribution in [-0.2, 0) is 9.53 Å². The Hall–Kier alpha value is -2.45. The molecule has 132 valence electrons. The summed E-state index contributed by atoms with van der Waals surface area (Å²) in [4.78, 5) is 12.3. The van der Waals surface area contributed by atoms with Gasteiger partial charge in [-0.15, -0.1) is 0 Å². The van der Waals surface area contributed by atoms with Gasteiger partial charge in [-0.1, -0.05) is 24.3 Å². The number of hydrogen-bond acceptors (Lipinski definition) is 6. The zero-order valence-corrected chi connectivity index (χ0v) is 13.3. The Labute approximate surface area is 144 Å². The Kier molecular flexibility index (Phi) is 5.30. The van der Waals surface area contributed by atoms with Crippen LogP contribution < -0.4 is 10.1 Å². The quantitative estimate of drug-likeness (QED) is 0.641. The molecule has 3 rings (SSSR count). The van der Waals surface area contributed by atoms with E-state index in [1.54, 1.807) is 24.3 Å². The maximum absolute atomic E-state index is 12.3. The zero-order chi connectivity index (χ0) is 17.8. The van der Waals surface area contributed by atoms with E-state index >= 15 is 0 Å². The Balaban J connectivity index is 1.67. The predicted molar refractivity (Wildman–Crippen MR) is 89.3 cm³/mol. The minimum absolute atomic E-state index is 0.455. The number of benzene rings is 2. The average Bonchev–Trinajstić information content (AvgIpc) is 2.91. The van der Waals surface area contributed by atoms with Crippen molar-refractivity contribution in [2.75, 3.05) is 11.9 Å². The van der Waals surface area contributed by atoms with Crippen molar-refractivity contribution in [2.24, 2.45) is 0 Å². The summed E-state index contributed by atoms with van der Waals surface area (Å²) in [6.07, 6.45) is -4.96. The van der Waals surface area contributed by atoms with Crippen molar-refractivity contribution >= 4 is 11.6 Å². The highest BCUT2D eigenvalue weighted by molar-refractivity contribution is 5.95. The van der Waals surface area contributed by atoms with Gasteiger partial charge in [0.2, 0.25) is 0 Å². The molecule has 7 heteroatoms. The number of ether oxygens (including phenoxy) is 2. The Morgan fingerprint density at radius 3 is 2.44 bits per heavy atom. The van der Waals surface area contributed by atoms with E-state index in [-0.39, 0.29) is 0 Å². The molecule has 1 heterocycles. The van der Waals surface area contributed by atoms with Crippen molar-refractivity contribution in [3.05, 3.63) is 54.6 Å². The molecule has 0 unspecified atom stereocenters. The third kappa shape index (κ3) is 3.97. The molecule has 2 aromatic rings. The van der Waals surface area contributed by atoms with E-state index in [1.165, 1.54) is 0 Å².